The molecule has 3 nitrogen and oxygen atoms in total. The van der Waals surface area contributed by atoms with Gasteiger partial charge in [0.15, 0.2) is 11.6 Å². The van der Waals surface area contributed by atoms with Gasteiger partial charge in [-0.15, -0.1) is 0 Å². The largest absolute Gasteiger partial charge is 0.486 e. The van der Waals surface area contributed by atoms with Crippen molar-refractivity contribution in [3.63, 3.8) is 0 Å². The van der Waals surface area contributed by atoms with Crippen LogP contribution in [0.3, 0.4) is 0 Å². The quantitative estimate of drug-likeness (QED) is 0.523. The van der Waals surface area contributed by atoms with Crippen LogP contribution in [0, 0.1) is 12.7 Å². The van der Waals surface area contributed by atoms with Gasteiger partial charge in [0.25, 0.3) is 0 Å². The molecule has 0 bridgehead atoms. The molecule has 0 fully saturated rings. The Kier molecular flexibility index (Phi) is 3.94. The van der Waals surface area contributed by atoms with Crippen molar-refractivity contribution < 1.29 is 9.13 Å². The zero-order chi connectivity index (χ0) is 17.2. The van der Waals surface area contributed by atoms with Crippen LogP contribution in [0.4, 0.5) is 4.39 Å². The van der Waals surface area contributed by atoms with E-state index in [1.54, 1.807) is 10.7 Å². The van der Waals surface area contributed by atoms with Gasteiger partial charge in [-0.25, -0.2) is 9.07 Å². The maximum atomic E-state index is 14.5. The first-order valence-electron chi connectivity index (χ1n) is 8.12. The molecule has 124 valence electrons. The van der Waals surface area contributed by atoms with E-state index in [9.17, 15) is 4.39 Å². The number of fused-ring (bicyclic) bond motifs is 1. The molecule has 25 heavy (non-hydrogen) atoms. The molecule has 1 aromatic heterocycles. The number of benzene rings is 3. The Morgan fingerprint density at radius 1 is 1.00 bits per heavy atom. The van der Waals surface area contributed by atoms with E-state index < -0.39 is 5.82 Å². The summed E-state index contributed by atoms with van der Waals surface area (Å²) in [5.74, 6) is -0.162. The molecule has 0 N–H and O–H groups in total. The summed E-state index contributed by atoms with van der Waals surface area (Å²) in [5, 5.41) is 5.46. The molecule has 0 unspecified atom stereocenters. The lowest BCUT2D eigenvalue weighted by molar-refractivity contribution is 0.290. The second-order valence-corrected chi connectivity index (χ2v) is 5.95. The zero-order valence-electron chi connectivity index (χ0n) is 13.8. The molecular formula is C21H17FN2O. The number of hydrogen-bond donors (Lipinski definition) is 0. The Labute approximate surface area is 145 Å². The van der Waals surface area contributed by atoms with Gasteiger partial charge in [-0.3, -0.25) is 0 Å². The summed E-state index contributed by atoms with van der Waals surface area (Å²) in [5.41, 5.74) is 3.77. The van der Waals surface area contributed by atoms with Crippen molar-refractivity contribution in [1.82, 2.24) is 9.78 Å². The third-order valence-electron chi connectivity index (χ3n) is 4.23. The summed E-state index contributed by atoms with van der Waals surface area (Å²) in [6, 6.07) is 20.6. The highest BCUT2D eigenvalue weighted by atomic mass is 19.1. The fourth-order valence-corrected chi connectivity index (χ4v) is 2.88. The lowest BCUT2D eigenvalue weighted by Crippen LogP contribution is -2.00. The maximum Gasteiger partial charge on any atom is 0.167 e. The third kappa shape index (κ3) is 2.98. The van der Waals surface area contributed by atoms with Gasteiger partial charge in [0, 0.05) is 11.5 Å². The summed E-state index contributed by atoms with van der Waals surface area (Å²) in [7, 11) is 0. The van der Waals surface area contributed by atoms with E-state index in [-0.39, 0.29) is 5.75 Å². The van der Waals surface area contributed by atoms with E-state index in [2.05, 4.69) is 5.10 Å². The molecule has 1 heterocycles. The molecule has 0 aliphatic heterocycles. The average molecular weight is 332 g/mol. The van der Waals surface area contributed by atoms with Gasteiger partial charge in [0.05, 0.1) is 17.4 Å². The standard InChI is InChI=1S/C21H17FN2O/c1-15-6-5-9-20-18(15)13-23-24(20)17-10-11-21(19(22)12-17)25-14-16-7-3-2-4-8-16/h2-13H,14H2,1H3. The van der Waals surface area contributed by atoms with Gasteiger partial charge in [0.2, 0.25) is 0 Å². The number of aromatic nitrogens is 2. The number of rotatable bonds is 4. The number of aryl methyl sites for hydroxylation is 1. The summed E-state index contributed by atoms with van der Waals surface area (Å²) in [6.45, 7) is 2.37. The highest BCUT2D eigenvalue weighted by Crippen LogP contribution is 2.25. The Bertz CT molecular complexity index is 1020. The van der Waals surface area contributed by atoms with Gasteiger partial charge < -0.3 is 4.74 Å². The summed E-state index contributed by atoms with van der Waals surface area (Å²) >= 11 is 0. The van der Waals surface area contributed by atoms with Crippen LogP contribution >= 0.6 is 0 Å². The lowest BCUT2D eigenvalue weighted by atomic mass is 10.1. The molecule has 0 radical (unpaired) electrons. The van der Waals surface area contributed by atoms with Crippen LogP contribution in [-0.4, -0.2) is 9.78 Å². The first-order chi connectivity index (χ1) is 12.2. The summed E-state index contributed by atoms with van der Waals surface area (Å²) < 4.78 is 21.8. The van der Waals surface area contributed by atoms with Crippen LogP contribution in [0.25, 0.3) is 16.6 Å². The van der Waals surface area contributed by atoms with E-state index >= 15 is 0 Å². The Balaban J connectivity index is 1.62. The van der Waals surface area contributed by atoms with Gasteiger partial charge >= 0.3 is 0 Å². The van der Waals surface area contributed by atoms with Crippen molar-refractivity contribution in [3.8, 4) is 11.4 Å². The fourth-order valence-electron chi connectivity index (χ4n) is 2.88. The summed E-state index contributed by atoms with van der Waals surface area (Å²) in [4.78, 5) is 0. The fraction of sp³-hybridized carbons (Fsp3) is 0.0952. The highest BCUT2D eigenvalue weighted by Gasteiger charge is 2.10. The van der Waals surface area contributed by atoms with Crippen LogP contribution < -0.4 is 4.74 Å². The smallest absolute Gasteiger partial charge is 0.167 e. The molecule has 0 aliphatic rings. The van der Waals surface area contributed by atoms with Gasteiger partial charge in [0.1, 0.15) is 6.61 Å². The normalized spacial score (nSPS) is 11.0. The van der Waals surface area contributed by atoms with Crippen LogP contribution in [0.5, 0.6) is 5.75 Å². The second-order valence-electron chi connectivity index (χ2n) is 5.95. The predicted octanol–water partition coefficient (Wildman–Crippen LogP) is 5.05. The molecule has 0 amide bonds. The highest BCUT2D eigenvalue weighted by molar-refractivity contribution is 5.83. The number of ether oxygens (including phenoxy) is 1. The molecule has 4 aromatic rings. The second kappa shape index (κ2) is 6.40. The molecule has 0 saturated carbocycles. The topological polar surface area (TPSA) is 27.1 Å². The first-order valence-corrected chi connectivity index (χ1v) is 8.12. The van der Waals surface area contributed by atoms with Gasteiger partial charge in [-0.1, -0.05) is 42.5 Å². The van der Waals surface area contributed by atoms with Crippen LogP contribution in [0.2, 0.25) is 0 Å². The number of halogens is 1. The van der Waals surface area contributed by atoms with Crippen LogP contribution in [0.1, 0.15) is 11.1 Å². The van der Waals surface area contributed by atoms with Crippen molar-refractivity contribution in [2.45, 2.75) is 13.5 Å². The van der Waals surface area contributed by atoms with Gasteiger partial charge in [-0.05, 0) is 36.2 Å². The van der Waals surface area contributed by atoms with Crippen molar-refractivity contribution in [2.24, 2.45) is 0 Å². The minimum absolute atomic E-state index is 0.236. The van der Waals surface area contributed by atoms with Crippen LogP contribution in [0.15, 0.2) is 72.9 Å². The van der Waals surface area contributed by atoms with Crippen molar-refractivity contribution in [3.05, 3.63) is 89.9 Å². The van der Waals surface area contributed by atoms with Gasteiger partial charge in [-0.2, -0.15) is 5.10 Å². The molecule has 0 aliphatic carbocycles. The minimum Gasteiger partial charge on any atom is -0.486 e. The number of hydrogen-bond acceptors (Lipinski definition) is 2. The van der Waals surface area contributed by atoms with Crippen molar-refractivity contribution in [1.29, 1.82) is 0 Å². The van der Waals surface area contributed by atoms with E-state index in [1.807, 2.05) is 67.7 Å². The predicted molar refractivity (Wildman–Crippen MR) is 96.5 cm³/mol. The Morgan fingerprint density at radius 2 is 1.84 bits per heavy atom. The molecule has 0 spiro atoms. The molecule has 4 heteroatoms. The minimum atomic E-state index is -0.398. The van der Waals surface area contributed by atoms with E-state index in [1.165, 1.54) is 6.07 Å². The molecular weight excluding hydrogens is 315 g/mol. The van der Waals surface area contributed by atoms with E-state index in [4.69, 9.17) is 4.74 Å². The van der Waals surface area contributed by atoms with Crippen molar-refractivity contribution >= 4 is 10.9 Å². The van der Waals surface area contributed by atoms with E-state index in [0.29, 0.717) is 12.3 Å². The van der Waals surface area contributed by atoms with Crippen LogP contribution in [-0.2, 0) is 6.61 Å². The Morgan fingerprint density at radius 3 is 2.64 bits per heavy atom. The monoisotopic (exact) mass is 332 g/mol. The SMILES string of the molecule is Cc1cccc2c1cnn2-c1ccc(OCc2ccccc2)c(F)c1. The maximum absolute atomic E-state index is 14.5. The third-order valence-corrected chi connectivity index (χ3v) is 4.23. The number of nitrogens with zero attached hydrogens (tertiary/aromatic N) is 2. The summed E-state index contributed by atoms with van der Waals surface area (Å²) in [6.07, 6.45) is 1.81. The van der Waals surface area contributed by atoms with E-state index in [0.717, 1.165) is 22.0 Å². The van der Waals surface area contributed by atoms with Crippen molar-refractivity contribution in [2.75, 3.05) is 0 Å². The first kappa shape index (κ1) is 15.4. The average Bonchev–Trinajstić information content (AvgIpc) is 3.07. The zero-order valence-corrected chi connectivity index (χ0v) is 13.8. The lowest BCUT2D eigenvalue weighted by Gasteiger charge is -2.10. The Hall–Kier alpha value is -3.14. The molecule has 4 rings (SSSR count). The molecule has 0 atom stereocenters. The molecule has 3 aromatic carbocycles. The molecule has 0 saturated heterocycles.